The number of ether oxygens (including phenoxy) is 1. The third kappa shape index (κ3) is 2.76. The summed E-state index contributed by atoms with van der Waals surface area (Å²) < 4.78 is 31.5. The summed E-state index contributed by atoms with van der Waals surface area (Å²) in [7, 11) is 0. The molecule has 4 rings (SSSR count). The van der Waals surface area contributed by atoms with Gasteiger partial charge in [-0.15, -0.1) is 11.3 Å². The van der Waals surface area contributed by atoms with E-state index in [1.807, 2.05) is 17.5 Å². The van der Waals surface area contributed by atoms with Crippen molar-refractivity contribution >= 4 is 22.5 Å². The molecule has 0 aliphatic carbocycles. The molecule has 0 aliphatic heterocycles. The van der Waals surface area contributed by atoms with E-state index < -0.39 is 6.61 Å². The number of benzene rings is 1. The number of halogens is 2. The van der Waals surface area contributed by atoms with Crippen LogP contribution in [0.5, 0.6) is 5.75 Å². The van der Waals surface area contributed by atoms with Crippen LogP contribution in [0.4, 0.5) is 8.78 Å². The van der Waals surface area contributed by atoms with Crippen molar-refractivity contribution < 1.29 is 13.5 Å². The summed E-state index contributed by atoms with van der Waals surface area (Å²) in [6, 6.07) is 10.6. The molecule has 0 saturated carbocycles. The number of nitrogens with zero attached hydrogens (tertiary/aromatic N) is 3. The number of rotatable bonds is 5. The Hall–Kier alpha value is -2.74. The minimum atomic E-state index is -2.88. The first-order valence-electron chi connectivity index (χ1n) is 7.19. The summed E-state index contributed by atoms with van der Waals surface area (Å²) in [5.41, 5.74) is 1.90. The maximum Gasteiger partial charge on any atom is 0.387 e. The van der Waals surface area contributed by atoms with Crippen molar-refractivity contribution in [1.29, 1.82) is 0 Å². The second-order valence-electron chi connectivity index (χ2n) is 5.08. The Morgan fingerprint density at radius 3 is 2.88 bits per heavy atom. The lowest BCUT2D eigenvalue weighted by Gasteiger charge is -2.08. The molecule has 3 aromatic heterocycles. The molecule has 0 amide bonds. The average molecular weight is 346 g/mol. The Bertz CT molecular complexity index is 962. The molecule has 8 heteroatoms. The van der Waals surface area contributed by atoms with Crippen molar-refractivity contribution in [2.24, 2.45) is 0 Å². The summed E-state index contributed by atoms with van der Waals surface area (Å²) in [6.45, 7) is -2.27. The predicted molar refractivity (Wildman–Crippen MR) is 87.4 cm³/mol. The molecule has 0 unspecified atom stereocenters. The second kappa shape index (κ2) is 6.04. The van der Waals surface area contributed by atoms with Gasteiger partial charge in [0.15, 0.2) is 5.65 Å². The number of H-pyrrole nitrogens is 1. The normalized spacial score (nSPS) is 11.5. The van der Waals surface area contributed by atoms with Gasteiger partial charge in [0.1, 0.15) is 17.1 Å². The summed E-state index contributed by atoms with van der Waals surface area (Å²) in [5.74, 6) is 0.556. The third-order valence-corrected chi connectivity index (χ3v) is 4.39. The summed E-state index contributed by atoms with van der Waals surface area (Å²) in [4.78, 5) is 8.78. The van der Waals surface area contributed by atoms with E-state index in [1.54, 1.807) is 40.4 Å². The Morgan fingerprint density at radius 1 is 1.21 bits per heavy atom. The molecule has 122 valence electrons. The van der Waals surface area contributed by atoms with E-state index in [0.29, 0.717) is 23.6 Å². The van der Waals surface area contributed by atoms with Gasteiger partial charge in [-0.3, -0.25) is 0 Å². The van der Waals surface area contributed by atoms with Gasteiger partial charge in [0.25, 0.3) is 0 Å². The highest BCUT2D eigenvalue weighted by Crippen LogP contribution is 2.30. The van der Waals surface area contributed by atoms with E-state index in [2.05, 4.69) is 19.8 Å². The van der Waals surface area contributed by atoms with Gasteiger partial charge in [0.2, 0.25) is 0 Å². The molecule has 1 aromatic carbocycles. The molecule has 3 heterocycles. The standard InChI is InChI=1S/C16H12F2N4OS/c17-16(18)23-13-6-2-1-5-11(13)14-20-12-8-19-22(15(12)21-14)9-10-4-3-7-24-10/h1-8,16H,9H2,(H,20,21). The lowest BCUT2D eigenvalue weighted by Crippen LogP contribution is -2.03. The Balaban J connectivity index is 1.72. The zero-order chi connectivity index (χ0) is 16.5. The highest BCUT2D eigenvalue weighted by Gasteiger charge is 2.16. The van der Waals surface area contributed by atoms with Crippen LogP contribution in [-0.4, -0.2) is 26.4 Å². The minimum Gasteiger partial charge on any atom is -0.434 e. The number of aromatic nitrogens is 4. The SMILES string of the molecule is FC(F)Oc1ccccc1-c1nc2c(cnn2Cc2cccs2)[nH]1. The van der Waals surface area contributed by atoms with Crippen molar-refractivity contribution in [2.45, 2.75) is 13.2 Å². The largest absolute Gasteiger partial charge is 0.434 e. The van der Waals surface area contributed by atoms with Crippen LogP contribution < -0.4 is 4.74 Å². The lowest BCUT2D eigenvalue weighted by atomic mass is 10.2. The molecule has 0 radical (unpaired) electrons. The first-order valence-corrected chi connectivity index (χ1v) is 8.07. The van der Waals surface area contributed by atoms with E-state index >= 15 is 0 Å². The van der Waals surface area contributed by atoms with Gasteiger partial charge >= 0.3 is 6.61 Å². The van der Waals surface area contributed by atoms with Crippen LogP contribution in [0.2, 0.25) is 0 Å². The van der Waals surface area contributed by atoms with Gasteiger partial charge in [-0.05, 0) is 23.6 Å². The molecule has 0 bridgehead atoms. The van der Waals surface area contributed by atoms with Crippen LogP contribution in [-0.2, 0) is 6.54 Å². The molecule has 0 spiro atoms. The summed E-state index contributed by atoms with van der Waals surface area (Å²) >= 11 is 1.64. The predicted octanol–water partition coefficient (Wildman–Crippen LogP) is 4.14. The van der Waals surface area contributed by atoms with Crippen molar-refractivity contribution in [3.05, 3.63) is 52.9 Å². The number of fused-ring (bicyclic) bond motifs is 1. The molecular weight excluding hydrogens is 334 g/mol. The highest BCUT2D eigenvalue weighted by molar-refractivity contribution is 7.09. The first kappa shape index (κ1) is 14.8. The fourth-order valence-electron chi connectivity index (χ4n) is 2.50. The Labute approximate surface area is 139 Å². The van der Waals surface area contributed by atoms with Crippen molar-refractivity contribution in [3.8, 4) is 17.1 Å². The second-order valence-corrected chi connectivity index (χ2v) is 6.11. The molecule has 24 heavy (non-hydrogen) atoms. The zero-order valence-corrected chi connectivity index (χ0v) is 13.1. The highest BCUT2D eigenvalue weighted by atomic mass is 32.1. The van der Waals surface area contributed by atoms with Crippen molar-refractivity contribution in [1.82, 2.24) is 19.7 Å². The number of nitrogens with one attached hydrogen (secondary N) is 1. The molecule has 5 nitrogen and oxygen atoms in total. The van der Waals surface area contributed by atoms with Gasteiger partial charge in [0.05, 0.1) is 18.3 Å². The number of hydrogen-bond acceptors (Lipinski definition) is 4. The Kier molecular flexibility index (Phi) is 3.73. The lowest BCUT2D eigenvalue weighted by molar-refractivity contribution is -0.0494. The maximum absolute atomic E-state index is 12.6. The third-order valence-electron chi connectivity index (χ3n) is 3.53. The molecular formula is C16H12F2N4OS. The average Bonchev–Trinajstić information content (AvgIpc) is 3.26. The first-order chi connectivity index (χ1) is 11.7. The molecule has 0 atom stereocenters. The number of imidazole rings is 1. The van der Waals surface area contributed by atoms with Crippen molar-refractivity contribution in [2.75, 3.05) is 0 Å². The number of aromatic amines is 1. The van der Waals surface area contributed by atoms with E-state index in [4.69, 9.17) is 0 Å². The van der Waals surface area contributed by atoms with Crippen LogP contribution in [0.15, 0.2) is 48.0 Å². The van der Waals surface area contributed by atoms with Crippen molar-refractivity contribution in [3.63, 3.8) is 0 Å². The van der Waals surface area contributed by atoms with Gasteiger partial charge in [-0.25, -0.2) is 9.67 Å². The van der Waals surface area contributed by atoms with Gasteiger partial charge < -0.3 is 9.72 Å². The monoisotopic (exact) mass is 346 g/mol. The van der Waals surface area contributed by atoms with Crippen LogP contribution >= 0.6 is 11.3 Å². The quantitative estimate of drug-likeness (QED) is 0.591. The summed E-state index contributed by atoms with van der Waals surface area (Å²) in [5, 5.41) is 6.32. The topological polar surface area (TPSA) is 55.7 Å². The van der Waals surface area contributed by atoms with Gasteiger partial charge in [-0.2, -0.15) is 13.9 Å². The van der Waals surface area contributed by atoms with Crippen LogP contribution in [0.1, 0.15) is 4.88 Å². The molecule has 0 aliphatic rings. The number of para-hydroxylation sites is 1. The number of thiophene rings is 1. The van der Waals surface area contributed by atoms with E-state index in [1.165, 1.54) is 6.07 Å². The minimum absolute atomic E-state index is 0.0849. The molecule has 4 aromatic rings. The number of alkyl halides is 2. The van der Waals surface area contributed by atoms with Crippen LogP contribution in [0.25, 0.3) is 22.6 Å². The van der Waals surface area contributed by atoms with Gasteiger partial charge in [0, 0.05) is 4.88 Å². The van der Waals surface area contributed by atoms with Crippen LogP contribution in [0.3, 0.4) is 0 Å². The zero-order valence-electron chi connectivity index (χ0n) is 12.3. The molecule has 1 N–H and O–H groups in total. The molecule has 0 fully saturated rings. The van der Waals surface area contributed by atoms with E-state index in [0.717, 1.165) is 10.4 Å². The van der Waals surface area contributed by atoms with Gasteiger partial charge in [-0.1, -0.05) is 18.2 Å². The fraction of sp³-hybridized carbons (Fsp3) is 0.125. The van der Waals surface area contributed by atoms with E-state index in [-0.39, 0.29) is 5.75 Å². The number of hydrogen-bond donors (Lipinski definition) is 1. The molecule has 0 saturated heterocycles. The van der Waals surface area contributed by atoms with Crippen LogP contribution in [0, 0.1) is 0 Å². The summed E-state index contributed by atoms with van der Waals surface area (Å²) in [6.07, 6.45) is 1.68. The van der Waals surface area contributed by atoms with E-state index in [9.17, 15) is 8.78 Å². The Morgan fingerprint density at radius 2 is 2.08 bits per heavy atom. The maximum atomic E-state index is 12.6. The smallest absolute Gasteiger partial charge is 0.387 e. The fourth-order valence-corrected chi connectivity index (χ4v) is 3.19.